The van der Waals surface area contributed by atoms with Crippen LogP contribution in [0, 0.1) is 18.6 Å². The zero-order valence-electron chi connectivity index (χ0n) is 11.1. The highest BCUT2D eigenvalue weighted by molar-refractivity contribution is 7.20. The summed E-state index contributed by atoms with van der Waals surface area (Å²) in [6.45, 7) is 1.82. The lowest BCUT2D eigenvalue weighted by Gasteiger charge is -2.05. The van der Waals surface area contributed by atoms with Crippen LogP contribution in [0.4, 0.5) is 14.5 Å². The van der Waals surface area contributed by atoms with Crippen LogP contribution in [0.5, 0.6) is 0 Å². The monoisotopic (exact) mass is 303 g/mol. The molecule has 2 aromatic carbocycles. The number of carbonyl (C=O) groups excluding carboxylic acids is 1. The van der Waals surface area contributed by atoms with Gasteiger partial charge in [0.25, 0.3) is 5.91 Å². The molecule has 0 aliphatic carbocycles. The van der Waals surface area contributed by atoms with Gasteiger partial charge in [-0.3, -0.25) is 4.79 Å². The second-order valence-corrected chi connectivity index (χ2v) is 5.81. The van der Waals surface area contributed by atoms with Gasteiger partial charge in [-0.2, -0.15) is 0 Å². The van der Waals surface area contributed by atoms with E-state index in [2.05, 4.69) is 5.32 Å². The summed E-state index contributed by atoms with van der Waals surface area (Å²) < 4.78 is 27.6. The predicted molar refractivity (Wildman–Crippen MR) is 80.9 cm³/mol. The predicted octanol–water partition coefficient (Wildman–Crippen LogP) is 4.74. The molecule has 0 radical (unpaired) electrons. The summed E-state index contributed by atoms with van der Waals surface area (Å²) in [5.74, 6) is -1.24. The Morgan fingerprint density at radius 2 is 1.90 bits per heavy atom. The number of carbonyl (C=O) groups is 1. The van der Waals surface area contributed by atoms with Gasteiger partial charge in [0.05, 0.1) is 10.6 Å². The van der Waals surface area contributed by atoms with Crippen LogP contribution in [-0.2, 0) is 0 Å². The van der Waals surface area contributed by atoms with Crippen LogP contribution in [0.2, 0.25) is 0 Å². The number of aryl methyl sites for hydroxylation is 1. The molecule has 0 bridgehead atoms. The van der Waals surface area contributed by atoms with Gasteiger partial charge in [0.1, 0.15) is 11.6 Å². The summed E-state index contributed by atoms with van der Waals surface area (Å²) in [6.07, 6.45) is 0. The van der Waals surface area contributed by atoms with E-state index < -0.39 is 11.7 Å². The lowest BCUT2D eigenvalue weighted by molar-refractivity contribution is 0.103. The van der Waals surface area contributed by atoms with E-state index in [4.69, 9.17) is 0 Å². The minimum absolute atomic E-state index is 0.142. The molecule has 1 amide bonds. The molecule has 0 atom stereocenters. The number of fused-ring (bicyclic) bond motifs is 1. The lowest BCUT2D eigenvalue weighted by Crippen LogP contribution is -2.11. The van der Waals surface area contributed by atoms with E-state index in [9.17, 15) is 13.6 Å². The number of amides is 1. The van der Waals surface area contributed by atoms with Gasteiger partial charge < -0.3 is 5.32 Å². The van der Waals surface area contributed by atoms with Crippen LogP contribution in [-0.4, -0.2) is 5.91 Å². The highest BCUT2D eigenvalue weighted by Crippen LogP contribution is 2.27. The molecule has 0 spiro atoms. The van der Waals surface area contributed by atoms with Crippen LogP contribution >= 0.6 is 11.3 Å². The third-order valence-corrected chi connectivity index (χ3v) is 4.19. The molecule has 0 aliphatic rings. The number of benzene rings is 2. The molecule has 0 aliphatic heterocycles. The fraction of sp³-hybridized carbons (Fsp3) is 0.0625. The van der Waals surface area contributed by atoms with Crippen molar-refractivity contribution in [2.45, 2.75) is 6.92 Å². The van der Waals surface area contributed by atoms with Crippen LogP contribution in [0.15, 0.2) is 42.5 Å². The molecule has 1 N–H and O–H groups in total. The van der Waals surface area contributed by atoms with Crippen molar-refractivity contribution in [1.29, 1.82) is 0 Å². The molecule has 2 nitrogen and oxygen atoms in total. The Labute approximate surface area is 124 Å². The average Bonchev–Trinajstić information content (AvgIpc) is 2.86. The first-order valence-corrected chi connectivity index (χ1v) is 7.11. The Morgan fingerprint density at radius 1 is 1.10 bits per heavy atom. The van der Waals surface area contributed by atoms with Crippen molar-refractivity contribution in [1.82, 2.24) is 0 Å². The smallest absolute Gasteiger partial charge is 0.265 e. The van der Waals surface area contributed by atoms with E-state index in [1.807, 2.05) is 6.92 Å². The van der Waals surface area contributed by atoms with Gasteiger partial charge in [-0.1, -0.05) is 6.07 Å². The second-order valence-electron chi connectivity index (χ2n) is 4.73. The quantitative estimate of drug-likeness (QED) is 0.728. The normalized spacial score (nSPS) is 10.8. The Balaban J connectivity index is 1.91. The topological polar surface area (TPSA) is 29.1 Å². The summed E-state index contributed by atoms with van der Waals surface area (Å²) in [5.41, 5.74) is 0.994. The van der Waals surface area contributed by atoms with Gasteiger partial charge in [-0.05, 0) is 54.3 Å². The van der Waals surface area contributed by atoms with E-state index >= 15 is 0 Å². The molecule has 3 rings (SSSR count). The maximum absolute atomic E-state index is 13.6. The largest absolute Gasteiger partial charge is 0.319 e. The highest BCUT2D eigenvalue weighted by atomic mass is 32.1. The van der Waals surface area contributed by atoms with Crippen molar-refractivity contribution in [2.75, 3.05) is 5.32 Å². The Morgan fingerprint density at radius 3 is 2.71 bits per heavy atom. The van der Waals surface area contributed by atoms with Gasteiger partial charge in [0.15, 0.2) is 0 Å². The summed E-state index contributed by atoms with van der Waals surface area (Å²) in [7, 11) is 0. The summed E-state index contributed by atoms with van der Waals surface area (Å²) in [5, 5.41) is 3.21. The fourth-order valence-corrected chi connectivity index (χ4v) is 2.98. The van der Waals surface area contributed by atoms with Gasteiger partial charge in [0, 0.05) is 4.70 Å². The lowest BCUT2D eigenvalue weighted by atomic mass is 10.2. The Hall–Kier alpha value is -2.27. The molecular formula is C16H11F2NOS. The number of hydrogen-bond donors (Lipinski definition) is 1. The molecule has 3 aromatic rings. The molecule has 106 valence electrons. The first-order chi connectivity index (χ1) is 10.0. The average molecular weight is 303 g/mol. The van der Waals surface area contributed by atoms with Crippen molar-refractivity contribution in [3.63, 3.8) is 0 Å². The van der Waals surface area contributed by atoms with E-state index in [-0.39, 0.29) is 11.5 Å². The zero-order valence-corrected chi connectivity index (χ0v) is 11.9. The van der Waals surface area contributed by atoms with Crippen LogP contribution in [0.3, 0.4) is 0 Å². The number of nitrogens with one attached hydrogen (secondary N) is 1. The van der Waals surface area contributed by atoms with Crippen LogP contribution < -0.4 is 5.32 Å². The molecular weight excluding hydrogens is 292 g/mol. The third-order valence-electron chi connectivity index (χ3n) is 3.07. The molecule has 0 saturated carbocycles. The van der Waals surface area contributed by atoms with Gasteiger partial charge >= 0.3 is 0 Å². The van der Waals surface area contributed by atoms with Crippen LogP contribution in [0.25, 0.3) is 10.1 Å². The van der Waals surface area contributed by atoms with Crippen LogP contribution in [0.1, 0.15) is 15.2 Å². The van der Waals surface area contributed by atoms with E-state index in [1.54, 1.807) is 24.3 Å². The molecule has 1 heterocycles. The van der Waals surface area contributed by atoms with E-state index in [0.29, 0.717) is 10.3 Å². The molecule has 0 unspecified atom stereocenters. The number of anilines is 1. The van der Waals surface area contributed by atoms with Crippen molar-refractivity contribution in [2.24, 2.45) is 0 Å². The van der Waals surface area contributed by atoms with Crippen molar-refractivity contribution in [3.8, 4) is 0 Å². The number of halogens is 2. The number of rotatable bonds is 2. The first-order valence-electron chi connectivity index (χ1n) is 6.29. The maximum Gasteiger partial charge on any atom is 0.265 e. The summed E-state index contributed by atoms with van der Waals surface area (Å²) >= 11 is 1.24. The molecule has 5 heteroatoms. The third kappa shape index (κ3) is 2.78. The standard InChI is InChI=1S/C16H11F2NOS/c1-9-2-4-12(18)13(6-9)19-16(20)15-8-10-7-11(17)3-5-14(10)21-15/h2-8H,1H3,(H,19,20). The second kappa shape index (κ2) is 5.26. The van der Waals surface area contributed by atoms with E-state index in [1.165, 1.54) is 29.5 Å². The van der Waals surface area contributed by atoms with E-state index in [0.717, 1.165) is 10.3 Å². The number of hydrogen-bond acceptors (Lipinski definition) is 2. The number of thiophene rings is 1. The fourth-order valence-electron chi connectivity index (χ4n) is 2.04. The molecule has 0 saturated heterocycles. The first kappa shape index (κ1) is 13.7. The summed E-state index contributed by atoms with van der Waals surface area (Å²) in [6, 6.07) is 10.5. The SMILES string of the molecule is Cc1ccc(F)c(NC(=O)c2cc3cc(F)ccc3s2)c1. The van der Waals surface area contributed by atoms with Crippen molar-refractivity contribution in [3.05, 3.63) is 64.5 Å². The van der Waals surface area contributed by atoms with Crippen molar-refractivity contribution < 1.29 is 13.6 Å². The van der Waals surface area contributed by atoms with Gasteiger partial charge in [-0.15, -0.1) is 11.3 Å². The van der Waals surface area contributed by atoms with Gasteiger partial charge in [-0.25, -0.2) is 8.78 Å². The zero-order chi connectivity index (χ0) is 15.0. The summed E-state index contributed by atoms with van der Waals surface area (Å²) in [4.78, 5) is 12.6. The van der Waals surface area contributed by atoms with Gasteiger partial charge in [0.2, 0.25) is 0 Å². The maximum atomic E-state index is 13.6. The molecule has 1 aromatic heterocycles. The Kier molecular flexibility index (Phi) is 3.43. The molecule has 0 fully saturated rings. The minimum atomic E-state index is -0.485. The minimum Gasteiger partial charge on any atom is -0.319 e. The molecule has 21 heavy (non-hydrogen) atoms. The van der Waals surface area contributed by atoms with Crippen molar-refractivity contribution >= 4 is 33.0 Å². The highest BCUT2D eigenvalue weighted by Gasteiger charge is 2.13. The Bertz CT molecular complexity index is 841.